The number of rotatable bonds is 4. The van der Waals surface area contributed by atoms with Crippen molar-refractivity contribution >= 4 is 11.7 Å². The molecule has 5 nitrogen and oxygen atoms in total. The Balaban J connectivity index is 3.01. The Morgan fingerprint density at radius 3 is 2.75 bits per heavy atom. The zero-order chi connectivity index (χ0) is 12.1. The molecular formula is C11H17N3O2. The Bertz CT molecular complexity index is 394. The normalized spacial score (nSPS) is 11.4. The lowest BCUT2D eigenvalue weighted by Gasteiger charge is -2.11. The van der Waals surface area contributed by atoms with Gasteiger partial charge in [-0.3, -0.25) is 4.57 Å². The summed E-state index contributed by atoms with van der Waals surface area (Å²) in [4.78, 5) is 17.6. The van der Waals surface area contributed by atoms with Gasteiger partial charge in [-0.05, 0) is 13.8 Å². The average Bonchev–Trinajstić information content (AvgIpc) is 2.61. The smallest absolute Gasteiger partial charge is 0.356 e. The maximum atomic E-state index is 11.7. The maximum Gasteiger partial charge on any atom is 0.356 e. The fourth-order valence-electron chi connectivity index (χ4n) is 1.23. The molecular weight excluding hydrogens is 206 g/mol. The van der Waals surface area contributed by atoms with E-state index in [0.717, 1.165) is 5.69 Å². The molecule has 0 fully saturated rings. The van der Waals surface area contributed by atoms with E-state index >= 15 is 0 Å². The van der Waals surface area contributed by atoms with E-state index in [2.05, 4.69) is 4.98 Å². The SMILES string of the molecule is CCOC(=O)/C(=C/N(C)C)n1cnc(C)c1. The second kappa shape index (κ2) is 5.34. The summed E-state index contributed by atoms with van der Waals surface area (Å²) in [7, 11) is 3.70. The van der Waals surface area contributed by atoms with E-state index in [1.54, 1.807) is 35.1 Å². The van der Waals surface area contributed by atoms with Crippen LogP contribution in [0.2, 0.25) is 0 Å². The first-order valence-corrected chi connectivity index (χ1v) is 5.11. The number of hydrogen-bond acceptors (Lipinski definition) is 4. The summed E-state index contributed by atoms with van der Waals surface area (Å²) in [5.41, 5.74) is 1.31. The molecule has 0 saturated heterocycles. The summed E-state index contributed by atoms with van der Waals surface area (Å²) in [5.74, 6) is -0.353. The molecule has 1 aromatic rings. The molecule has 0 bridgehead atoms. The van der Waals surface area contributed by atoms with Crippen LogP contribution < -0.4 is 0 Å². The molecule has 1 rings (SSSR count). The summed E-state index contributed by atoms with van der Waals surface area (Å²) in [6, 6.07) is 0. The highest BCUT2D eigenvalue weighted by Gasteiger charge is 2.13. The monoisotopic (exact) mass is 223 g/mol. The van der Waals surface area contributed by atoms with Crippen molar-refractivity contribution in [3.63, 3.8) is 0 Å². The van der Waals surface area contributed by atoms with Crippen LogP contribution in [0.3, 0.4) is 0 Å². The molecule has 0 atom stereocenters. The predicted octanol–water partition coefficient (Wildman–Crippen LogP) is 1.11. The maximum absolute atomic E-state index is 11.7. The Kier molecular flexibility index (Phi) is 4.10. The largest absolute Gasteiger partial charge is 0.461 e. The van der Waals surface area contributed by atoms with E-state index in [4.69, 9.17) is 4.74 Å². The zero-order valence-electron chi connectivity index (χ0n) is 10.1. The van der Waals surface area contributed by atoms with E-state index in [1.807, 2.05) is 21.0 Å². The van der Waals surface area contributed by atoms with Gasteiger partial charge in [-0.25, -0.2) is 9.78 Å². The number of imidazole rings is 1. The van der Waals surface area contributed by atoms with Crippen LogP contribution in [0.1, 0.15) is 12.6 Å². The molecule has 0 N–H and O–H groups in total. The van der Waals surface area contributed by atoms with Crippen LogP contribution in [-0.2, 0) is 9.53 Å². The first-order valence-electron chi connectivity index (χ1n) is 5.11. The van der Waals surface area contributed by atoms with Crippen LogP contribution in [0.5, 0.6) is 0 Å². The first-order chi connectivity index (χ1) is 7.54. The summed E-state index contributed by atoms with van der Waals surface area (Å²) in [6.45, 7) is 4.01. The molecule has 0 spiro atoms. The van der Waals surface area contributed by atoms with Crippen molar-refractivity contribution in [2.24, 2.45) is 0 Å². The number of aryl methyl sites for hydroxylation is 1. The van der Waals surface area contributed by atoms with Crippen LogP contribution in [0.15, 0.2) is 18.7 Å². The van der Waals surface area contributed by atoms with Gasteiger partial charge in [-0.2, -0.15) is 0 Å². The van der Waals surface area contributed by atoms with Crippen LogP contribution in [0.4, 0.5) is 0 Å². The lowest BCUT2D eigenvalue weighted by atomic mass is 10.4. The summed E-state index contributed by atoms with van der Waals surface area (Å²) < 4.78 is 6.65. The highest BCUT2D eigenvalue weighted by molar-refractivity contribution is 6.09. The molecule has 1 heterocycles. The summed E-state index contributed by atoms with van der Waals surface area (Å²) in [5, 5.41) is 0. The first kappa shape index (κ1) is 12.3. The molecule has 0 amide bonds. The minimum atomic E-state index is -0.353. The number of esters is 1. The van der Waals surface area contributed by atoms with E-state index in [9.17, 15) is 4.79 Å². The molecule has 16 heavy (non-hydrogen) atoms. The van der Waals surface area contributed by atoms with Gasteiger partial charge in [0.2, 0.25) is 0 Å². The summed E-state index contributed by atoms with van der Waals surface area (Å²) in [6.07, 6.45) is 5.09. The van der Waals surface area contributed by atoms with Crippen molar-refractivity contribution in [3.8, 4) is 0 Å². The minimum Gasteiger partial charge on any atom is -0.461 e. The van der Waals surface area contributed by atoms with Crippen molar-refractivity contribution in [2.75, 3.05) is 20.7 Å². The number of hydrogen-bond donors (Lipinski definition) is 0. The van der Waals surface area contributed by atoms with Crippen LogP contribution in [0.25, 0.3) is 5.70 Å². The Morgan fingerprint density at radius 1 is 1.62 bits per heavy atom. The highest BCUT2D eigenvalue weighted by Crippen LogP contribution is 2.09. The van der Waals surface area contributed by atoms with Gasteiger partial charge in [-0.1, -0.05) is 0 Å². The van der Waals surface area contributed by atoms with Gasteiger partial charge in [0.25, 0.3) is 0 Å². The standard InChI is InChI=1S/C11H17N3O2/c1-5-16-11(15)10(7-13(3)4)14-6-9(2)12-8-14/h6-8H,5H2,1-4H3/b10-7-. The fourth-order valence-corrected chi connectivity index (χ4v) is 1.23. The predicted molar refractivity (Wildman–Crippen MR) is 61.6 cm³/mol. The molecule has 0 unspecified atom stereocenters. The van der Waals surface area contributed by atoms with Crippen molar-refractivity contribution in [1.29, 1.82) is 0 Å². The number of ether oxygens (including phenoxy) is 1. The molecule has 0 aliphatic carbocycles. The molecule has 1 aromatic heterocycles. The van der Waals surface area contributed by atoms with Crippen molar-refractivity contribution in [2.45, 2.75) is 13.8 Å². The van der Waals surface area contributed by atoms with E-state index in [-0.39, 0.29) is 5.97 Å². The third-order valence-corrected chi connectivity index (χ3v) is 1.85. The van der Waals surface area contributed by atoms with Gasteiger partial charge in [-0.15, -0.1) is 0 Å². The summed E-state index contributed by atoms with van der Waals surface area (Å²) >= 11 is 0. The average molecular weight is 223 g/mol. The molecule has 0 aliphatic rings. The molecule has 0 radical (unpaired) electrons. The van der Waals surface area contributed by atoms with Crippen molar-refractivity contribution in [1.82, 2.24) is 14.5 Å². The van der Waals surface area contributed by atoms with E-state index in [1.165, 1.54) is 0 Å². The molecule has 0 aliphatic heterocycles. The van der Waals surface area contributed by atoms with Gasteiger partial charge in [0.1, 0.15) is 5.70 Å². The number of carbonyl (C=O) groups excluding carboxylic acids is 1. The number of carbonyl (C=O) groups is 1. The lowest BCUT2D eigenvalue weighted by Crippen LogP contribution is -2.15. The zero-order valence-corrected chi connectivity index (χ0v) is 10.1. The second-order valence-corrected chi connectivity index (χ2v) is 3.62. The van der Waals surface area contributed by atoms with Gasteiger partial charge < -0.3 is 9.64 Å². The van der Waals surface area contributed by atoms with Gasteiger partial charge in [0.05, 0.1) is 18.6 Å². The van der Waals surface area contributed by atoms with Crippen LogP contribution in [-0.4, -0.2) is 41.1 Å². The van der Waals surface area contributed by atoms with Gasteiger partial charge in [0.15, 0.2) is 0 Å². The van der Waals surface area contributed by atoms with Gasteiger partial charge in [0, 0.05) is 26.5 Å². The van der Waals surface area contributed by atoms with Crippen molar-refractivity contribution < 1.29 is 9.53 Å². The number of aromatic nitrogens is 2. The quantitative estimate of drug-likeness (QED) is 0.567. The Labute approximate surface area is 95.3 Å². The second-order valence-electron chi connectivity index (χ2n) is 3.62. The molecule has 0 saturated carbocycles. The highest BCUT2D eigenvalue weighted by atomic mass is 16.5. The lowest BCUT2D eigenvalue weighted by molar-refractivity contribution is -0.136. The Morgan fingerprint density at radius 2 is 2.31 bits per heavy atom. The van der Waals surface area contributed by atoms with Crippen LogP contribution in [0, 0.1) is 6.92 Å². The Hall–Kier alpha value is -1.78. The third kappa shape index (κ3) is 3.12. The van der Waals surface area contributed by atoms with Gasteiger partial charge >= 0.3 is 5.97 Å². The topological polar surface area (TPSA) is 47.4 Å². The van der Waals surface area contributed by atoms with Crippen LogP contribution >= 0.6 is 0 Å². The fraction of sp³-hybridized carbons (Fsp3) is 0.455. The number of nitrogens with zero attached hydrogens (tertiary/aromatic N) is 3. The molecule has 5 heteroatoms. The van der Waals surface area contributed by atoms with Crippen molar-refractivity contribution in [3.05, 3.63) is 24.4 Å². The third-order valence-electron chi connectivity index (χ3n) is 1.85. The van der Waals surface area contributed by atoms with E-state index in [0.29, 0.717) is 12.3 Å². The molecule has 0 aromatic carbocycles. The van der Waals surface area contributed by atoms with E-state index < -0.39 is 0 Å². The minimum absolute atomic E-state index is 0.353. The molecule has 88 valence electrons.